The molecule has 0 saturated heterocycles. The molecule has 0 bridgehead atoms. The summed E-state index contributed by atoms with van der Waals surface area (Å²) in [5.74, 6) is -0.285. The van der Waals surface area contributed by atoms with E-state index >= 15 is 0 Å². The molecule has 0 aliphatic rings. The Labute approximate surface area is 230 Å². The van der Waals surface area contributed by atoms with Crippen molar-refractivity contribution in [2.75, 3.05) is 6.61 Å². The van der Waals surface area contributed by atoms with Gasteiger partial charge in [-0.25, -0.2) is 0 Å². The van der Waals surface area contributed by atoms with Crippen molar-refractivity contribution in [3.05, 3.63) is 0 Å². The lowest BCUT2D eigenvalue weighted by molar-refractivity contribution is -0.125. The van der Waals surface area contributed by atoms with Crippen LogP contribution in [0.5, 0.6) is 0 Å². The Hall–Kier alpha value is -0.650. The van der Waals surface area contributed by atoms with Crippen molar-refractivity contribution in [2.45, 2.75) is 193 Å². The molecule has 0 fully saturated rings. The minimum Gasteiger partial charge on any atom is -0.394 e. The lowest BCUT2D eigenvalue weighted by atomic mass is 10.0. The second kappa shape index (κ2) is 28.4. The maximum atomic E-state index is 12.3. The third kappa shape index (κ3) is 25.4. The van der Waals surface area contributed by atoms with E-state index in [1.165, 1.54) is 116 Å². The maximum Gasteiger partial charge on any atom is 0.222 e. The summed E-state index contributed by atoms with van der Waals surface area (Å²) in [6.07, 6.45) is 27.6. The van der Waals surface area contributed by atoms with Crippen LogP contribution in [0.25, 0.3) is 0 Å². The van der Waals surface area contributed by atoms with Crippen LogP contribution >= 0.6 is 0 Å². The summed E-state index contributed by atoms with van der Waals surface area (Å²) in [6.45, 7) is 4.22. The zero-order valence-electron chi connectivity index (χ0n) is 24.9. The first kappa shape index (κ1) is 36.4. The molecule has 0 aliphatic carbocycles. The lowest BCUT2D eigenvalue weighted by Crippen LogP contribution is -2.46. The largest absolute Gasteiger partial charge is 0.394 e. The summed E-state index contributed by atoms with van der Waals surface area (Å²) >= 11 is 0. The third-order valence-electron chi connectivity index (χ3n) is 7.67. The van der Waals surface area contributed by atoms with E-state index in [-0.39, 0.29) is 18.9 Å². The Morgan fingerprint density at radius 2 is 0.919 bits per heavy atom. The first-order chi connectivity index (χ1) is 18.0. The number of unbranched alkanes of at least 4 members (excludes halogenated alkanes) is 20. The average molecular weight is 528 g/mol. The molecule has 0 rings (SSSR count). The van der Waals surface area contributed by atoms with Gasteiger partial charge in [-0.05, 0) is 12.8 Å². The Morgan fingerprint density at radius 3 is 1.30 bits per heavy atom. The summed E-state index contributed by atoms with van der Waals surface area (Å²) in [6, 6.07) is -0.648. The van der Waals surface area contributed by atoms with Crippen LogP contribution in [0.3, 0.4) is 0 Å². The van der Waals surface area contributed by atoms with Crippen molar-refractivity contribution in [1.82, 2.24) is 5.32 Å². The number of carbonyl (C=O) groups excluding carboxylic acids is 1. The summed E-state index contributed by atoms with van der Waals surface area (Å²) in [7, 11) is 0. The third-order valence-corrected chi connectivity index (χ3v) is 7.67. The van der Waals surface area contributed by atoms with Gasteiger partial charge in [0.05, 0.1) is 31.3 Å². The Bertz CT molecular complexity index is 474. The van der Waals surface area contributed by atoms with Gasteiger partial charge in [0, 0.05) is 0 Å². The molecule has 0 aromatic heterocycles. The van der Waals surface area contributed by atoms with Crippen LogP contribution in [0.2, 0.25) is 0 Å². The second-order valence-electron chi connectivity index (χ2n) is 11.4. The number of aliphatic hydroxyl groups is 3. The molecule has 5 heteroatoms. The molecule has 0 aromatic carbocycles. The van der Waals surface area contributed by atoms with Crippen molar-refractivity contribution in [3.8, 4) is 0 Å². The molecule has 0 unspecified atom stereocenters. The van der Waals surface area contributed by atoms with Crippen LogP contribution in [0.15, 0.2) is 0 Å². The van der Waals surface area contributed by atoms with Crippen LogP contribution < -0.4 is 5.32 Å². The van der Waals surface area contributed by atoms with Crippen LogP contribution in [0.1, 0.15) is 174 Å². The maximum absolute atomic E-state index is 12.3. The summed E-state index contributed by atoms with van der Waals surface area (Å²) in [5.41, 5.74) is 0. The van der Waals surface area contributed by atoms with Crippen LogP contribution in [-0.4, -0.2) is 46.1 Å². The minimum absolute atomic E-state index is 0.0407. The van der Waals surface area contributed by atoms with Crippen LogP contribution in [0, 0.1) is 0 Å². The molecule has 0 saturated carbocycles. The van der Waals surface area contributed by atoms with Gasteiger partial charge in [-0.15, -0.1) is 0 Å². The van der Waals surface area contributed by atoms with E-state index in [0.29, 0.717) is 12.8 Å². The first-order valence-corrected chi connectivity index (χ1v) is 16.3. The van der Waals surface area contributed by atoms with Crippen molar-refractivity contribution in [1.29, 1.82) is 0 Å². The highest BCUT2D eigenvalue weighted by atomic mass is 16.3. The van der Waals surface area contributed by atoms with Gasteiger partial charge in [0.25, 0.3) is 0 Å². The van der Waals surface area contributed by atoms with Crippen molar-refractivity contribution in [2.24, 2.45) is 0 Å². The number of nitrogens with one attached hydrogen (secondary N) is 1. The number of hydrogen-bond acceptors (Lipinski definition) is 4. The average Bonchev–Trinajstić information content (AvgIpc) is 2.88. The zero-order chi connectivity index (χ0) is 27.4. The fourth-order valence-corrected chi connectivity index (χ4v) is 5.11. The van der Waals surface area contributed by atoms with E-state index in [1.807, 2.05) is 0 Å². The highest BCUT2D eigenvalue weighted by Gasteiger charge is 2.21. The highest BCUT2D eigenvalue weighted by Crippen LogP contribution is 2.15. The zero-order valence-corrected chi connectivity index (χ0v) is 24.9. The van der Waals surface area contributed by atoms with Crippen LogP contribution in [0.4, 0.5) is 0 Å². The van der Waals surface area contributed by atoms with E-state index in [4.69, 9.17) is 0 Å². The van der Waals surface area contributed by atoms with Gasteiger partial charge in [-0.3, -0.25) is 4.79 Å². The fraction of sp³-hybridized carbons (Fsp3) is 0.969. The number of rotatable bonds is 29. The fourth-order valence-electron chi connectivity index (χ4n) is 5.11. The number of amides is 1. The molecule has 1 amide bonds. The molecule has 0 aromatic rings. The van der Waals surface area contributed by atoms with Crippen molar-refractivity contribution in [3.63, 3.8) is 0 Å². The molecule has 0 heterocycles. The molecule has 4 N–H and O–H groups in total. The van der Waals surface area contributed by atoms with Gasteiger partial charge in [0.2, 0.25) is 5.91 Å². The molecule has 222 valence electrons. The normalized spacial score (nSPS) is 14.0. The minimum atomic E-state index is -0.740. The molecule has 0 aliphatic heterocycles. The Morgan fingerprint density at radius 1 is 0.568 bits per heavy atom. The Balaban J connectivity index is 3.70. The van der Waals surface area contributed by atoms with E-state index in [2.05, 4.69) is 19.2 Å². The van der Waals surface area contributed by atoms with Gasteiger partial charge in [0.15, 0.2) is 0 Å². The monoisotopic (exact) mass is 527 g/mol. The molecular formula is C32H65NO4. The van der Waals surface area contributed by atoms with Gasteiger partial charge >= 0.3 is 0 Å². The predicted molar refractivity (Wildman–Crippen MR) is 158 cm³/mol. The first-order valence-electron chi connectivity index (χ1n) is 16.3. The van der Waals surface area contributed by atoms with Crippen molar-refractivity contribution >= 4 is 5.91 Å². The van der Waals surface area contributed by atoms with Gasteiger partial charge in [-0.2, -0.15) is 0 Å². The molecule has 5 nitrogen and oxygen atoms in total. The molecule has 0 spiro atoms. The van der Waals surface area contributed by atoms with E-state index in [1.54, 1.807) is 0 Å². The quantitative estimate of drug-likeness (QED) is 0.0742. The second-order valence-corrected chi connectivity index (χ2v) is 11.4. The lowest BCUT2D eigenvalue weighted by Gasteiger charge is -2.23. The highest BCUT2D eigenvalue weighted by molar-refractivity contribution is 5.76. The molecule has 3 atom stereocenters. The smallest absolute Gasteiger partial charge is 0.222 e. The standard InChI is InChI=1S/C32H65NO4/c1-3-5-7-9-11-13-14-15-16-18-20-22-24-26-31(36)30(28-34)33-32(37)27-29(35)25-23-21-19-17-12-10-8-6-4-2/h29-31,34-36H,3-28H2,1-2H3,(H,33,37)/t29-,30+,31-/m1/s1. The topological polar surface area (TPSA) is 89.8 Å². The number of carbonyl (C=O) groups is 1. The summed E-state index contributed by atoms with van der Waals surface area (Å²) < 4.78 is 0. The SMILES string of the molecule is CCCCCCCCCCCCCCC[C@@H](O)[C@H](CO)NC(=O)C[C@H](O)CCCCCCCCCCC. The van der Waals surface area contributed by atoms with Gasteiger partial charge in [0.1, 0.15) is 0 Å². The van der Waals surface area contributed by atoms with E-state index in [9.17, 15) is 20.1 Å². The van der Waals surface area contributed by atoms with Gasteiger partial charge in [-0.1, -0.05) is 155 Å². The van der Waals surface area contributed by atoms with E-state index < -0.39 is 18.2 Å². The number of hydrogen-bond donors (Lipinski definition) is 4. The van der Waals surface area contributed by atoms with Gasteiger partial charge < -0.3 is 20.6 Å². The number of aliphatic hydroxyl groups excluding tert-OH is 3. The van der Waals surface area contributed by atoms with E-state index in [0.717, 1.165) is 25.7 Å². The predicted octanol–water partition coefficient (Wildman–Crippen LogP) is 7.98. The molecule has 37 heavy (non-hydrogen) atoms. The molecular weight excluding hydrogens is 462 g/mol. The van der Waals surface area contributed by atoms with Crippen LogP contribution in [-0.2, 0) is 4.79 Å². The summed E-state index contributed by atoms with van der Waals surface area (Å²) in [4.78, 5) is 12.3. The van der Waals surface area contributed by atoms with Crippen molar-refractivity contribution < 1.29 is 20.1 Å². The Kier molecular flexibility index (Phi) is 27.9. The summed E-state index contributed by atoms with van der Waals surface area (Å²) in [5, 5.41) is 33.0. The molecule has 0 radical (unpaired) electrons.